The average molecular weight is 201 g/mol. The van der Waals surface area contributed by atoms with Gasteiger partial charge in [0.05, 0.1) is 7.11 Å². The molecule has 74 valence electrons. The lowest BCUT2D eigenvalue weighted by Crippen LogP contribution is -2.07. The number of nitrogens with one attached hydrogen (secondary N) is 1. The van der Waals surface area contributed by atoms with E-state index in [0.717, 1.165) is 11.5 Å². The topological polar surface area (TPSA) is 60.2 Å². The molecule has 13 heavy (non-hydrogen) atoms. The second-order valence-electron chi connectivity index (χ2n) is 3.20. The molecule has 0 saturated carbocycles. The number of methoxy groups -OCH3 is 1. The van der Waals surface area contributed by atoms with Crippen LogP contribution >= 0.6 is 11.5 Å². The summed E-state index contributed by atoms with van der Waals surface area (Å²) in [7, 11) is 1.60. The van der Waals surface area contributed by atoms with Crippen molar-refractivity contribution in [1.82, 2.24) is 4.37 Å². The first-order valence-corrected chi connectivity index (χ1v) is 4.95. The Morgan fingerprint density at radius 3 is 2.85 bits per heavy atom. The van der Waals surface area contributed by atoms with Gasteiger partial charge >= 0.3 is 0 Å². The van der Waals surface area contributed by atoms with Gasteiger partial charge < -0.3 is 15.8 Å². The van der Waals surface area contributed by atoms with E-state index in [1.54, 1.807) is 7.11 Å². The summed E-state index contributed by atoms with van der Waals surface area (Å²) in [6.45, 7) is 5.19. The Balaban J connectivity index is 2.65. The summed E-state index contributed by atoms with van der Waals surface area (Å²) in [5, 5.41) is 4.15. The smallest absolute Gasteiger partial charge is 0.197 e. The first-order chi connectivity index (χ1) is 6.15. The van der Waals surface area contributed by atoms with Crippen molar-refractivity contribution in [2.75, 3.05) is 24.7 Å². The van der Waals surface area contributed by atoms with E-state index in [4.69, 9.17) is 10.5 Å². The predicted octanol–water partition coefficient (Wildman–Crippen LogP) is 1.80. The van der Waals surface area contributed by atoms with E-state index in [2.05, 4.69) is 23.5 Å². The van der Waals surface area contributed by atoms with E-state index in [9.17, 15) is 0 Å². The van der Waals surface area contributed by atoms with E-state index < -0.39 is 0 Å². The van der Waals surface area contributed by atoms with Gasteiger partial charge in [-0.2, -0.15) is 4.37 Å². The first-order valence-electron chi connectivity index (χ1n) is 4.18. The highest BCUT2D eigenvalue weighted by Crippen LogP contribution is 2.34. The molecule has 0 saturated heterocycles. The van der Waals surface area contributed by atoms with Crippen LogP contribution in [0.4, 0.5) is 10.8 Å². The van der Waals surface area contributed by atoms with Gasteiger partial charge in [0.2, 0.25) is 0 Å². The first kappa shape index (κ1) is 10.1. The quantitative estimate of drug-likeness (QED) is 0.780. The molecule has 0 amide bonds. The summed E-state index contributed by atoms with van der Waals surface area (Å²) in [4.78, 5) is 0. The third-order valence-electron chi connectivity index (χ3n) is 1.55. The summed E-state index contributed by atoms with van der Waals surface area (Å²) < 4.78 is 9.11. The SMILES string of the molecule is COc1c(N)nsc1NCC(C)C. The average Bonchev–Trinajstić information content (AvgIpc) is 2.42. The van der Waals surface area contributed by atoms with Crippen molar-refractivity contribution >= 4 is 22.4 Å². The van der Waals surface area contributed by atoms with Crippen molar-refractivity contribution in [3.8, 4) is 5.75 Å². The zero-order valence-corrected chi connectivity index (χ0v) is 8.94. The van der Waals surface area contributed by atoms with Crippen LogP contribution in [0.25, 0.3) is 0 Å². The highest BCUT2D eigenvalue weighted by atomic mass is 32.1. The minimum Gasteiger partial charge on any atom is -0.490 e. The van der Waals surface area contributed by atoms with Crippen LogP contribution in [-0.4, -0.2) is 18.0 Å². The van der Waals surface area contributed by atoms with Crippen LogP contribution in [0.3, 0.4) is 0 Å². The molecule has 0 bridgehead atoms. The molecule has 1 aromatic rings. The number of nitrogens with zero attached hydrogens (tertiary/aromatic N) is 1. The lowest BCUT2D eigenvalue weighted by atomic mass is 10.2. The predicted molar refractivity (Wildman–Crippen MR) is 56.4 cm³/mol. The highest BCUT2D eigenvalue weighted by molar-refractivity contribution is 7.11. The van der Waals surface area contributed by atoms with Crippen LogP contribution in [0.2, 0.25) is 0 Å². The van der Waals surface area contributed by atoms with Gasteiger partial charge in [0.1, 0.15) is 0 Å². The van der Waals surface area contributed by atoms with Crippen molar-refractivity contribution in [2.24, 2.45) is 5.92 Å². The van der Waals surface area contributed by atoms with Crippen molar-refractivity contribution < 1.29 is 4.74 Å². The minimum atomic E-state index is 0.457. The Morgan fingerprint density at radius 2 is 2.31 bits per heavy atom. The van der Waals surface area contributed by atoms with Crippen molar-refractivity contribution in [2.45, 2.75) is 13.8 Å². The Hall–Kier alpha value is -0.970. The van der Waals surface area contributed by atoms with E-state index in [0.29, 0.717) is 17.5 Å². The lowest BCUT2D eigenvalue weighted by molar-refractivity contribution is 0.419. The number of nitrogens with two attached hydrogens (primary N) is 1. The molecule has 0 unspecified atom stereocenters. The molecule has 0 aliphatic carbocycles. The van der Waals surface area contributed by atoms with Gasteiger partial charge in [-0.05, 0) is 17.5 Å². The van der Waals surface area contributed by atoms with E-state index in [-0.39, 0.29) is 0 Å². The maximum Gasteiger partial charge on any atom is 0.197 e. The molecule has 4 nitrogen and oxygen atoms in total. The third-order valence-corrected chi connectivity index (χ3v) is 2.35. The molecular weight excluding hydrogens is 186 g/mol. The Morgan fingerprint density at radius 1 is 1.62 bits per heavy atom. The fourth-order valence-corrected chi connectivity index (χ4v) is 1.59. The zero-order valence-electron chi connectivity index (χ0n) is 8.13. The Kier molecular flexibility index (Phi) is 3.36. The molecular formula is C8H15N3OS. The summed E-state index contributed by atoms with van der Waals surface area (Å²) in [6, 6.07) is 0. The number of rotatable bonds is 4. The summed E-state index contributed by atoms with van der Waals surface area (Å²) in [5.41, 5.74) is 5.59. The molecule has 1 heterocycles. The monoisotopic (exact) mass is 201 g/mol. The lowest BCUT2D eigenvalue weighted by Gasteiger charge is -2.07. The molecule has 3 N–H and O–H groups in total. The second kappa shape index (κ2) is 4.32. The number of ether oxygens (including phenoxy) is 1. The normalized spacial score (nSPS) is 10.5. The molecule has 0 atom stereocenters. The summed E-state index contributed by atoms with van der Waals surface area (Å²) in [6.07, 6.45) is 0. The number of hydrogen-bond donors (Lipinski definition) is 2. The summed E-state index contributed by atoms with van der Waals surface area (Å²) >= 11 is 1.33. The Labute approximate surface area is 82.3 Å². The molecule has 0 aromatic carbocycles. The van der Waals surface area contributed by atoms with Gasteiger partial charge in [-0.25, -0.2) is 0 Å². The fraction of sp³-hybridized carbons (Fsp3) is 0.625. The van der Waals surface area contributed by atoms with Crippen LogP contribution in [0.5, 0.6) is 5.75 Å². The van der Waals surface area contributed by atoms with Crippen LogP contribution in [0.1, 0.15) is 13.8 Å². The van der Waals surface area contributed by atoms with Crippen LogP contribution in [-0.2, 0) is 0 Å². The zero-order chi connectivity index (χ0) is 9.84. The van der Waals surface area contributed by atoms with Gasteiger partial charge in [-0.3, -0.25) is 0 Å². The van der Waals surface area contributed by atoms with Gasteiger partial charge in [0.15, 0.2) is 16.6 Å². The molecule has 0 spiro atoms. The fourth-order valence-electron chi connectivity index (χ4n) is 0.901. The number of nitrogen functional groups attached to an aromatic ring is 1. The minimum absolute atomic E-state index is 0.457. The van der Waals surface area contributed by atoms with Gasteiger partial charge in [-0.15, -0.1) is 0 Å². The molecule has 5 heteroatoms. The maximum atomic E-state index is 5.59. The van der Waals surface area contributed by atoms with E-state index >= 15 is 0 Å². The molecule has 0 fully saturated rings. The molecule has 1 rings (SSSR count). The van der Waals surface area contributed by atoms with Crippen molar-refractivity contribution in [3.63, 3.8) is 0 Å². The molecule has 0 aliphatic rings. The highest BCUT2D eigenvalue weighted by Gasteiger charge is 2.11. The van der Waals surface area contributed by atoms with Crippen molar-refractivity contribution in [1.29, 1.82) is 0 Å². The van der Waals surface area contributed by atoms with Crippen LogP contribution in [0.15, 0.2) is 0 Å². The van der Waals surface area contributed by atoms with E-state index in [1.165, 1.54) is 11.5 Å². The largest absolute Gasteiger partial charge is 0.490 e. The third kappa shape index (κ3) is 2.48. The maximum absolute atomic E-state index is 5.59. The van der Waals surface area contributed by atoms with Gasteiger partial charge in [-0.1, -0.05) is 13.8 Å². The van der Waals surface area contributed by atoms with Gasteiger partial charge in [0.25, 0.3) is 0 Å². The number of hydrogen-bond acceptors (Lipinski definition) is 5. The molecule has 0 radical (unpaired) electrons. The van der Waals surface area contributed by atoms with Crippen LogP contribution < -0.4 is 15.8 Å². The number of aromatic nitrogens is 1. The van der Waals surface area contributed by atoms with E-state index in [1.807, 2.05) is 0 Å². The number of anilines is 2. The van der Waals surface area contributed by atoms with Crippen molar-refractivity contribution in [3.05, 3.63) is 0 Å². The van der Waals surface area contributed by atoms with Crippen LogP contribution in [0, 0.1) is 5.92 Å². The Bertz CT molecular complexity index is 272. The summed E-state index contributed by atoms with van der Waals surface area (Å²) in [5.74, 6) is 1.71. The standard InChI is InChI=1S/C8H15N3OS/c1-5(2)4-10-8-6(12-3)7(9)11-13-8/h5,10H,4H2,1-3H3,(H2,9,11). The molecule has 1 aromatic heterocycles. The molecule has 0 aliphatic heterocycles. The second-order valence-corrected chi connectivity index (χ2v) is 3.98. The van der Waals surface area contributed by atoms with Gasteiger partial charge in [0, 0.05) is 6.54 Å².